The number of carbonyl (C=O) groups excluding carboxylic acids is 1. The fourth-order valence-corrected chi connectivity index (χ4v) is 4.96. The van der Waals surface area contributed by atoms with Crippen molar-refractivity contribution in [2.75, 3.05) is 13.1 Å². The molecule has 1 aliphatic heterocycles. The smallest absolute Gasteiger partial charge is 0.264 e. The van der Waals surface area contributed by atoms with Gasteiger partial charge in [-0.25, -0.2) is 14.1 Å². The van der Waals surface area contributed by atoms with Crippen molar-refractivity contribution in [1.82, 2.24) is 29.2 Å². The summed E-state index contributed by atoms with van der Waals surface area (Å²) in [7, 11) is 0. The Morgan fingerprint density at radius 2 is 1.72 bits per heavy atom. The Kier molecular flexibility index (Phi) is 6.24. The van der Waals surface area contributed by atoms with Crippen LogP contribution < -0.4 is 5.56 Å². The number of benzene rings is 2. The fourth-order valence-electron chi connectivity index (χ4n) is 4.96. The SMILES string of the molecule is O=C(c1ccc(F)cc1)N1CCC(O)(Cn2cnc3c(cnn3-c3ccc(-c4cccnc4)cc3)c2=O)CC1. The first-order chi connectivity index (χ1) is 18.9. The molecule has 6 rings (SSSR count). The largest absolute Gasteiger partial charge is 0.388 e. The summed E-state index contributed by atoms with van der Waals surface area (Å²) in [5, 5.41) is 16.0. The van der Waals surface area contributed by atoms with Gasteiger partial charge in [0.2, 0.25) is 0 Å². The molecule has 1 fully saturated rings. The maximum Gasteiger partial charge on any atom is 0.264 e. The van der Waals surface area contributed by atoms with Crippen molar-refractivity contribution in [1.29, 1.82) is 0 Å². The molecule has 0 aliphatic carbocycles. The molecule has 196 valence electrons. The molecule has 1 amide bonds. The lowest BCUT2D eigenvalue weighted by molar-refractivity contribution is -0.0299. The van der Waals surface area contributed by atoms with Crippen LogP contribution in [0.1, 0.15) is 23.2 Å². The summed E-state index contributed by atoms with van der Waals surface area (Å²) < 4.78 is 16.2. The first kappa shape index (κ1) is 24.6. The number of hydrogen-bond acceptors (Lipinski definition) is 6. The van der Waals surface area contributed by atoms with Gasteiger partial charge in [-0.05, 0) is 66.4 Å². The average molecular weight is 525 g/mol. The zero-order valence-corrected chi connectivity index (χ0v) is 20.9. The number of hydrogen-bond donors (Lipinski definition) is 1. The molecule has 5 aromatic rings. The number of amides is 1. The summed E-state index contributed by atoms with van der Waals surface area (Å²) in [6.07, 6.45) is 7.04. The van der Waals surface area contributed by atoms with Gasteiger partial charge in [0.05, 0.1) is 24.0 Å². The van der Waals surface area contributed by atoms with Crippen LogP contribution in [0.5, 0.6) is 0 Å². The molecule has 0 atom stereocenters. The maximum atomic E-state index is 13.3. The Hall–Kier alpha value is -4.70. The summed E-state index contributed by atoms with van der Waals surface area (Å²) in [5.74, 6) is -0.613. The van der Waals surface area contributed by atoms with Gasteiger partial charge in [-0.15, -0.1) is 0 Å². The second kappa shape index (κ2) is 9.88. The van der Waals surface area contributed by atoms with Crippen LogP contribution >= 0.6 is 0 Å². The molecule has 1 N–H and O–H groups in total. The minimum Gasteiger partial charge on any atom is -0.388 e. The van der Waals surface area contributed by atoms with E-state index < -0.39 is 11.4 Å². The quantitative estimate of drug-likeness (QED) is 0.378. The van der Waals surface area contributed by atoms with E-state index in [0.717, 1.165) is 16.8 Å². The topological polar surface area (TPSA) is 106 Å². The molecule has 0 saturated carbocycles. The lowest BCUT2D eigenvalue weighted by atomic mass is 9.91. The van der Waals surface area contributed by atoms with Crippen LogP contribution in [0.25, 0.3) is 27.8 Å². The van der Waals surface area contributed by atoms with Gasteiger partial charge in [0.1, 0.15) is 17.5 Å². The van der Waals surface area contributed by atoms with Gasteiger partial charge >= 0.3 is 0 Å². The number of halogens is 1. The van der Waals surface area contributed by atoms with Gasteiger partial charge < -0.3 is 10.0 Å². The number of likely N-dealkylation sites (tertiary alicyclic amines) is 1. The number of nitrogens with zero attached hydrogens (tertiary/aromatic N) is 6. The highest BCUT2D eigenvalue weighted by Gasteiger charge is 2.35. The normalized spacial score (nSPS) is 15.0. The van der Waals surface area contributed by atoms with Crippen LogP contribution in [0.4, 0.5) is 4.39 Å². The van der Waals surface area contributed by atoms with Crippen LogP contribution in [-0.4, -0.2) is 58.9 Å². The van der Waals surface area contributed by atoms with Crippen LogP contribution in [0, 0.1) is 5.82 Å². The second-order valence-corrected chi connectivity index (χ2v) is 9.78. The molecule has 3 aromatic heterocycles. The summed E-state index contributed by atoms with van der Waals surface area (Å²) in [4.78, 5) is 36.3. The molecule has 39 heavy (non-hydrogen) atoms. The zero-order valence-electron chi connectivity index (χ0n) is 20.9. The maximum absolute atomic E-state index is 13.3. The minimum atomic E-state index is -1.17. The Labute approximate surface area is 222 Å². The number of rotatable bonds is 5. The van der Waals surface area contributed by atoms with Crippen LogP contribution in [-0.2, 0) is 6.54 Å². The number of pyridine rings is 1. The van der Waals surface area contributed by atoms with Crippen molar-refractivity contribution < 1.29 is 14.3 Å². The molecule has 0 spiro atoms. The molecule has 0 bridgehead atoms. The van der Waals surface area contributed by atoms with E-state index >= 15 is 0 Å². The van der Waals surface area contributed by atoms with Gasteiger partial charge in [-0.3, -0.25) is 19.1 Å². The van der Waals surface area contributed by atoms with Crippen LogP contribution in [0.3, 0.4) is 0 Å². The lowest BCUT2D eigenvalue weighted by Crippen LogP contribution is -2.49. The third-order valence-corrected chi connectivity index (χ3v) is 7.20. The minimum absolute atomic E-state index is 0.0539. The Balaban J connectivity index is 1.17. The zero-order chi connectivity index (χ0) is 27.0. The fraction of sp³-hybridized carbons (Fsp3) is 0.207. The summed E-state index contributed by atoms with van der Waals surface area (Å²) in [6, 6.07) is 17.0. The molecule has 4 heterocycles. The number of carbonyl (C=O) groups is 1. The van der Waals surface area contributed by atoms with Crippen molar-refractivity contribution in [2.45, 2.75) is 25.0 Å². The second-order valence-electron chi connectivity index (χ2n) is 9.78. The molecule has 9 nitrogen and oxygen atoms in total. The molecular weight excluding hydrogens is 499 g/mol. The predicted octanol–water partition coefficient (Wildman–Crippen LogP) is 3.45. The Bertz CT molecular complexity index is 1690. The van der Waals surface area contributed by atoms with Crippen molar-refractivity contribution in [3.8, 4) is 16.8 Å². The highest BCUT2D eigenvalue weighted by atomic mass is 19.1. The third-order valence-electron chi connectivity index (χ3n) is 7.20. The van der Waals surface area contributed by atoms with E-state index in [-0.39, 0.29) is 18.0 Å². The monoisotopic (exact) mass is 524 g/mol. The van der Waals surface area contributed by atoms with Gasteiger partial charge in [0.25, 0.3) is 11.5 Å². The van der Waals surface area contributed by atoms with Crippen molar-refractivity contribution >= 4 is 16.9 Å². The lowest BCUT2D eigenvalue weighted by Gasteiger charge is -2.38. The van der Waals surface area contributed by atoms with E-state index in [1.807, 2.05) is 36.4 Å². The molecule has 1 saturated heterocycles. The molecule has 0 unspecified atom stereocenters. The first-order valence-corrected chi connectivity index (χ1v) is 12.6. The van der Waals surface area contributed by atoms with Crippen LogP contribution in [0.15, 0.2) is 90.4 Å². The molecular formula is C29H25FN6O3. The highest BCUT2D eigenvalue weighted by Crippen LogP contribution is 2.26. The van der Waals surface area contributed by atoms with Crippen molar-refractivity contribution in [2.24, 2.45) is 0 Å². The Morgan fingerprint density at radius 3 is 2.41 bits per heavy atom. The van der Waals surface area contributed by atoms with Gasteiger partial charge in [0, 0.05) is 31.0 Å². The number of piperidine rings is 1. The summed E-state index contributed by atoms with van der Waals surface area (Å²) in [5.41, 5.74) is 2.14. The molecule has 10 heteroatoms. The standard InChI is InChI=1S/C29H25FN6O3/c30-23-7-3-21(4-8-23)27(37)34-14-11-29(39,12-15-34)18-35-19-32-26-25(28(35)38)17-33-36(26)24-9-5-20(6-10-24)22-2-1-13-31-16-22/h1-10,13,16-17,19,39H,11-12,14-15,18H2. The number of fused-ring (bicyclic) bond motifs is 1. The Morgan fingerprint density at radius 1 is 0.974 bits per heavy atom. The molecule has 2 aromatic carbocycles. The summed E-state index contributed by atoms with van der Waals surface area (Å²) in [6.45, 7) is 0.701. The van der Waals surface area contributed by atoms with E-state index in [2.05, 4.69) is 15.1 Å². The number of aliphatic hydroxyl groups is 1. The van der Waals surface area contributed by atoms with E-state index in [4.69, 9.17) is 0 Å². The first-order valence-electron chi connectivity index (χ1n) is 12.6. The van der Waals surface area contributed by atoms with Gasteiger partial charge in [0.15, 0.2) is 5.65 Å². The third kappa shape index (κ3) is 4.82. The molecule has 1 aliphatic rings. The van der Waals surface area contributed by atoms with E-state index in [9.17, 15) is 19.1 Å². The van der Waals surface area contributed by atoms with Gasteiger partial charge in [-0.1, -0.05) is 18.2 Å². The van der Waals surface area contributed by atoms with E-state index in [0.29, 0.717) is 42.5 Å². The van der Waals surface area contributed by atoms with Crippen molar-refractivity contribution in [3.63, 3.8) is 0 Å². The van der Waals surface area contributed by atoms with Gasteiger partial charge in [-0.2, -0.15) is 5.10 Å². The van der Waals surface area contributed by atoms with E-state index in [1.54, 1.807) is 22.0 Å². The van der Waals surface area contributed by atoms with Crippen molar-refractivity contribution in [3.05, 3.63) is 107 Å². The predicted molar refractivity (Wildman–Crippen MR) is 143 cm³/mol. The summed E-state index contributed by atoms with van der Waals surface area (Å²) >= 11 is 0. The highest BCUT2D eigenvalue weighted by molar-refractivity contribution is 5.94. The molecule has 0 radical (unpaired) electrons. The number of aromatic nitrogens is 5. The van der Waals surface area contributed by atoms with Crippen LogP contribution in [0.2, 0.25) is 0 Å². The average Bonchev–Trinajstić information content (AvgIpc) is 3.40. The van der Waals surface area contributed by atoms with E-state index in [1.165, 1.54) is 41.4 Å².